The third kappa shape index (κ3) is 3.11. The fourth-order valence-corrected chi connectivity index (χ4v) is 2.95. The van der Waals surface area contributed by atoms with Crippen LogP contribution in [-0.4, -0.2) is 46.0 Å². The standard InChI is InChI=1S/C15H18N4O2S/c1-19-13-5-3-2-4-11(13)17-14(19)12-10-22-15(18-12)16-6-8-21-9-7-20/h2-5,10,20H,6-9H2,1H3,(H,16,18). The van der Waals surface area contributed by atoms with Crippen molar-refractivity contribution in [3.63, 3.8) is 0 Å². The number of para-hydroxylation sites is 2. The van der Waals surface area contributed by atoms with Crippen LogP contribution in [0.4, 0.5) is 5.13 Å². The molecule has 2 aromatic heterocycles. The highest BCUT2D eigenvalue weighted by Gasteiger charge is 2.12. The lowest BCUT2D eigenvalue weighted by Gasteiger charge is -2.03. The van der Waals surface area contributed by atoms with Crippen LogP contribution >= 0.6 is 11.3 Å². The van der Waals surface area contributed by atoms with Gasteiger partial charge in [-0.2, -0.15) is 0 Å². The summed E-state index contributed by atoms with van der Waals surface area (Å²) in [5, 5.41) is 14.7. The van der Waals surface area contributed by atoms with Crippen LogP contribution in [0.3, 0.4) is 0 Å². The van der Waals surface area contributed by atoms with Crippen LogP contribution in [0, 0.1) is 0 Å². The van der Waals surface area contributed by atoms with E-state index in [1.54, 1.807) is 11.3 Å². The Bertz CT molecular complexity index is 753. The van der Waals surface area contributed by atoms with Gasteiger partial charge < -0.3 is 19.7 Å². The van der Waals surface area contributed by atoms with Crippen molar-refractivity contribution < 1.29 is 9.84 Å². The molecule has 0 bridgehead atoms. The molecule has 1 aromatic carbocycles. The second-order valence-electron chi connectivity index (χ2n) is 4.78. The summed E-state index contributed by atoms with van der Waals surface area (Å²) in [6.45, 7) is 1.62. The molecule has 0 aliphatic heterocycles. The van der Waals surface area contributed by atoms with Crippen LogP contribution in [0.15, 0.2) is 29.6 Å². The number of aliphatic hydroxyl groups excluding tert-OH is 1. The van der Waals surface area contributed by atoms with E-state index in [2.05, 4.69) is 25.9 Å². The number of thiazole rings is 1. The molecule has 0 aliphatic rings. The first-order valence-electron chi connectivity index (χ1n) is 7.09. The van der Waals surface area contributed by atoms with Gasteiger partial charge in [-0.3, -0.25) is 0 Å². The third-order valence-corrected chi connectivity index (χ3v) is 4.08. The predicted octanol–water partition coefficient (Wildman–Crippen LogP) is 2.12. The number of rotatable bonds is 7. The molecule has 2 N–H and O–H groups in total. The van der Waals surface area contributed by atoms with Gasteiger partial charge in [-0.1, -0.05) is 12.1 Å². The van der Waals surface area contributed by atoms with Crippen molar-refractivity contribution in [2.75, 3.05) is 31.7 Å². The SMILES string of the molecule is Cn1c(-c2csc(NCCOCCO)n2)nc2ccccc21. The van der Waals surface area contributed by atoms with Gasteiger partial charge in [0.2, 0.25) is 0 Å². The van der Waals surface area contributed by atoms with Gasteiger partial charge in [-0.15, -0.1) is 11.3 Å². The van der Waals surface area contributed by atoms with Crippen molar-refractivity contribution in [3.8, 4) is 11.5 Å². The van der Waals surface area contributed by atoms with Gasteiger partial charge >= 0.3 is 0 Å². The van der Waals surface area contributed by atoms with Crippen molar-refractivity contribution >= 4 is 27.5 Å². The zero-order valence-electron chi connectivity index (χ0n) is 12.3. The molecule has 0 unspecified atom stereocenters. The van der Waals surface area contributed by atoms with E-state index in [1.807, 2.05) is 30.6 Å². The lowest BCUT2D eigenvalue weighted by Crippen LogP contribution is -2.11. The second-order valence-corrected chi connectivity index (χ2v) is 5.64. The molecular formula is C15H18N4O2S. The minimum Gasteiger partial charge on any atom is -0.394 e. The predicted molar refractivity (Wildman–Crippen MR) is 88.2 cm³/mol. The molecule has 0 saturated carbocycles. The molecule has 22 heavy (non-hydrogen) atoms. The van der Waals surface area contributed by atoms with Gasteiger partial charge in [0.25, 0.3) is 0 Å². The Labute approximate surface area is 132 Å². The summed E-state index contributed by atoms with van der Waals surface area (Å²) in [5.74, 6) is 0.863. The zero-order chi connectivity index (χ0) is 15.4. The maximum Gasteiger partial charge on any atom is 0.183 e. The highest BCUT2D eigenvalue weighted by molar-refractivity contribution is 7.14. The maximum absolute atomic E-state index is 8.63. The molecule has 0 fully saturated rings. The van der Waals surface area contributed by atoms with Crippen LogP contribution < -0.4 is 5.32 Å². The van der Waals surface area contributed by atoms with Crippen molar-refractivity contribution in [1.82, 2.24) is 14.5 Å². The number of hydrogen-bond donors (Lipinski definition) is 2. The molecule has 0 aliphatic carbocycles. The van der Waals surface area contributed by atoms with Crippen LogP contribution in [0.1, 0.15) is 0 Å². The average Bonchev–Trinajstić information content (AvgIpc) is 3.12. The smallest absolute Gasteiger partial charge is 0.183 e. The molecule has 0 spiro atoms. The Morgan fingerprint density at radius 1 is 1.27 bits per heavy atom. The summed E-state index contributed by atoms with van der Waals surface area (Å²) in [6, 6.07) is 8.05. The number of aromatic nitrogens is 3. The monoisotopic (exact) mass is 318 g/mol. The number of anilines is 1. The van der Waals surface area contributed by atoms with E-state index in [0.717, 1.165) is 27.7 Å². The first-order chi connectivity index (χ1) is 10.8. The minimum absolute atomic E-state index is 0.0497. The fraction of sp³-hybridized carbons (Fsp3) is 0.333. The number of ether oxygens (including phenoxy) is 1. The Balaban J connectivity index is 1.71. The molecule has 0 atom stereocenters. The van der Waals surface area contributed by atoms with Gasteiger partial charge in [0.15, 0.2) is 11.0 Å². The second kappa shape index (κ2) is 6.87. The lowest BCUT2D eigenvalue weighted by molar-refractivity contribution is 0.0992. The summed E-state index contributed by atoms with van der Waals surface area (Å²) < 4.78 is 7.26. The summed E-state index contributed by atoms with van der Waals surface area (Å²) in [5.41, 5.74) is 2.93. The lowest BCUT2D eigenvalue weighted by atomic mass is 10.3. The van der Waals surface area contributed by atoms with E-state index >= 15 is 0 Å². The number of fused-ring (bicyclic) bond motifs is 1. The fourth-order valence-electron chi connectivity index (χ4n) is 2.23. The quantitative estimate of drug-likeness (QED) is 0.653. The van der Waals surface area contributed by atoms with Crippen molar-refractivity contribution in [2.24, 2.45) is 7.05 Å². The molecular weight excluding hydrogens is 300 g/mol. The molecule has 0 saturated heterocycles. The Kier molecular flexibility index (Phi) is 4.67. The molecule has 0 amide bonds. The van der Waals surface area contributed by atoms with Crippen LogP contribution in [0.25, 0.3) is 22.6 Å². The summed E-state index contributed by atoms with van der Waals surface area (Å²) >= 11 is 1.55. The molecule has 116 valence electrons. The van der Waals surface area contributed by atoms with Gasteiger partial charge in [0.05, 0.1) is 30.9 Å². The van der Waals surface area contributed by atoms with Crippen molar-refractivity contribution in [3.05, 3.63) is 29.6 Å². The first kappa shape index (κ1) is 15.0. The number of nitrogens with one attached hydrogen (secondary N) is 1. The highest BCUT2D eigenvalue weighted by atomic mass is 32.1. The van der Waals surface area contributed by atoms with E-state index < -0.39 is 0 Å². The highest BCUT2D eigenvalue weighted by Crippen LogP contribution is 2.26. The van der Waals surface area contributed by atoms with Gasteiger partial charge in [0, 0.05) is 19.0 Å². The van der Waals surface area contributed by atoms with Crippen LogP contribution in [0.5, 0.6) is 0 Å². The average molecular weight is 318 g/mol. The van der Waals surface area contributed by atoms with Crippen molar-refractivity contribution in [2.45, 2.75) is 0 Å². The number of aryl methyl sites for hydroxylation is 1. The summed E-state index contributed by atoms with van der Waals surface area (Å²) in [4.78, 5) is 9.22. The zero-order valence-corrected chi connectivity index (χ0v) is 13.1. The maximum atomic E-state index is 8.63. The van der Waals surface area contributed by atoms with Gasteiger partial charge in [-0.05, 0) is 12.1 Å². The molecule has 6 nitrogen and oxygen atoms in total. The summed E-state index contributed by atoms with van der Waals surface area (Å²) in [7, 11) is 2.00. The largest absolute Gasteiger partial charge is 0.394 e. The topological polar surface area (TPSA) is 72.2 Å². The van der Waals surface area contributed by atoms with Crippen LogP contribution in [-0.2, 0) is 11.8 Å². The van der Waals surface area contributed by atoms with E-state index in [-0.39, 0.29) is 6.61 Å². The summed E-state index contributed by atoms with van der Waals surface area (Å²) in [6.07, 6.45) is 0. The number of hydrogen-bond acceptors (Lipinski definition) is 6. The number of benzene rings is 1. The Hall–Kier alpha value is -1.96. The number of imidazole rings is 1. The van der Waals surface area contributed by atoms with Crippen LogP contribution in [0.2, 0.25) is 0 Å². The molecule has 3 aromatic rings. The van der Waals surface area contributed by atoms with E-state index in [9.17, 15) is 0 Å². The van der Waals surface area contributed by atoms with E-state index in [1.165, 1.54) is 0 Å². The molecule has 3 rings (SSSR count). The Morgan fingerprint density at radius 2 is 2.14 bits per heavy atom. The minimum atomic E-state index is 0.0497. The van der Waals surface area contributed by atoms with Gasteiger partial charge in [0.1, 0.15) is 5.69 Å². The van der Waals surface area contributed by atoms with E-state index in [0.29, 0.717) is 19.8 Å². The number of aliphatic hydroxyl groups is 1. The third-order valence-electron chi connectivity index (χ3n) is 3.28. The number of nitrogens with zero attached hydrogens (tertiary/aromatic N) is 3. The first-order valence-corrected chi connectivity index (χ1v) is 7.97. The molecule has 0 radical (unpaired) electrons. The molecule has 2 heterocycles. The molecule has 7 heteroatoms. The normalized spacial score (nSPS) is 11.2. The van der Waals surface area contributed by atoms with Crippen molar-refractivity contribution in [1.29, 1.82) is 0 Å². The van der Waals surface area contributed by atoms with Gasteiger partial charge in [-0.25, -0.2) is 9.97 Å². The Morgan fingerprint density at radius 3 is 2.95 bits per heavy atom. The van der Waals surface area contributed by atoms with E-state index in [4.69, 9.17) is 9.84 Å².